The number of nitrogens with zero attached hydrogens (tertiary/aromatic N) is 2. The van der Waals surface area contributed by atoms with E-state index < -0.39 is 0 Å². The highest BCUT2D eigenvalue weighted by atomic mass is 16.5. The van der Waals surface area contributed by atoms with Crippen LogP contribution in [-0.2, 0) is 14.3 Å². The Morgan fingerprint density at radius 2 is 1.94 bits per heavy atom. The van der Waals surface area contributed by atoms with Crippen molar-refractivity contribution in [2.45, 2.75) is 19.3 Å². The number of rotatable bonds is 3. The third-order valence-electron chi connectivity index (χ3n) is 3.62. The van der Waals surface area contributed by atoms with E-state index in [0.29, 0.717) is 13.1 Å². The van der Waals surface area contributed by atoms with Crippen LogP contribution in [0.2, 0.25) is 0 Å². The maximum absolute atomic E-state index is 11.9. The third kappa shape index (κ3) is 2.97. The van der Waals surface area contributed by atoms with Crippen LogP contribution in [0, 0.1) is 5.92 Å². The predicted molar refractivity (Wildman–Crippen MR) is 62.4 cm³/mol. The monoisotopic (exact) mass is 240 g/mol. The number of carbonyl (C=O) groups excluding carboxylic acids is 2. The molecule has 5 heteroatoms. The van der Waals surface area contributed by atoms with Gasteiger partial charge >= 0.3 is 5.97 Å². The zero-order valence-corrected chi connectivity index (χ0v) is 10.4. The van der Waals surface area contributed by atoms with Crippen molar-refractivity contribution in [1.82, 2.24) is 9.80 Å². The Bertz CT molecular complexity index is 300. The van der Waals surface area contributed by atoms with Crippen LogP contribution in [0.3, 0.4) is 0 Å². The van der Waals surface area contributed by atoms with E-state index in [2.05, 4.69) is 4.90 Å². The summed E-state index contributed by atoms with van der Waals surface area (Å²) in [4.78, 5) is 27.3. The smallest absolute Gasteiger partial charge is 0.310 e. The van der Waals surface area contributed by atoms with Crippen LogP contribution < -0.4 is 0 Å². The van der Waals surface area contributed by atoms with Gasteiger partial charge in [-0.15, -0.1) is 0 Å². The van der Waals surface area contributed by atoms with Crippen molar-refractivity contribution in [3.63, 3.8) is 0 Å². The Morgan fingerprint density at radius 1 is 1.24 bits per heavy atom. The Balaban J connectivity index is 1.77. The largest absolute Gasteiger partial charge is 0.469 e. The summed E-state index contributed by atoms with van der Waals surface area (Å²) in [5.41, 5.74) is 0. The lowest BCUT2D eigenvalue weighted by atomic mass is 10.1. The minimum absolute atomic E-state index is 0.0496. The topological polar surface area (TPSA) is 49.9 Å². The van der Waals surface area contributed by atoms with Gasteiger partial charge in [0.1, 0.15) is 0 Å². The van der Waals surface area contributed by atoms with Gasteiger partial charge in [0.15, 0.2) is 0 Å². The Labute approximate surface area is 102 Å². The van der Waals surface area contributed by atoms with E-state index in [1.54, 1.807) is 0 Å². The zero-order chi connectivity index (χ0) is 12.3. The average Bonchev–Trinajstić information content (AvgIpc) is 2.98. The Morgan fingerprint density at radius 3 is 2.59 bits per heavy atom. The number of hydrogen-bond acceptors (Lipinski definition) is 4. The summed E-state index contributed by atoms with van der Waals surface area (Å²) in [6.45, 7) is 3.72. The molecule has 0 aliphatic carbocycles. The first-order valence-electron chi connectivity index (χ1n) is 6.28. The lowest BCUT2D eigenvalue weighted by molar-refractivity contribution is -0.145. The molecule has 2 heterocycles. The van der Waals surface area contributed by atoms with E-state index in [1.807, 2.05) is 4.90 Å². The van der Waals surface area contributed by atoms with Crippen LogP contribution in [0.4, 0.5) is 0 Å². The Hall–Kier alpha value is -1.10. The summed E-state index contributed by atoms with van der Waals surface area (Å²) in [5, 5.41) is 0. The fraction of sp³-hybridized carbons (Fsp3) is 0.833. The second-order valence-corrected chi connectivity index (χ2v) is 4.83. The van der Waals surface area contributed by atoms with Gasteiger partial charge in [0.2, 0.25) is 5.91 Å². The molecule has 1 amide bonds. The minimum atomic E-state index is -0.152. The van der Waals surface area contributed by atoms with Crippen molar-refractivity contribution in [1.29, 1.82) is 0 Å². The van der Waals surface area contributed by atoms with E-state index in [-0.39, 0.29) is 17.8 Å². The third-order valence-corrected chi connectivity index (χ3v) is 3.62. The number of carbonyl (C=O) groups is 2. The van der Waals surface area contributed by atoms with E-state index in [1.165, 1.54) is 7.11 Å². The van der Waals surface area contributed by atoms with Crippen LogP contribution >= 0.6 is 0 Å². The maximum atomic E-state index is 11.9. The highest BCUT2D eigenvalue weighted by Gasteiger charge is 2.31. The van der Waals surface area contributed by atoms with Crippen LogP contribution in [0.1, 0.15) is 19.3 Å². The molecule has 1 unspecified atom stereocenters. The summed E-state index contributed by atoms with van der Waals surface area (Å²) in [5.74, 6) is 0.000477. The molecule has 2 saturated heterocycles. The van der Waals surface area contributed by atoms with Crippen LogP contribution in [-0.4, -0.2) is 61.5 Å². The number of methoxy groups -OCH3 is 1. The lowest BCUT2D eigenvalue weighted by Crippen LogP contribution is -2.38. The molecule has 0 aromatic carbocycles. The average molecular weight is 240 g/mol. The van der Waals surface area contributed by atoms with E-state index >= 15 is 0 Å². The molecule has 2 aliphatic heterocycles. The maximum Gasteiger partial charge on any atom is 0.310 e. The standard InChI is InChI=1S/C12H20N2O3/c1-17-12(16)10-4-7-13(8-10)9-11(15)14-5-2-3-6-14/h10H,2-9H2,1H3. The second-order valence-electron chi connectivity index (χ2n) is 4.83. The molecule has 0 spiro atoms. The predicted octanol–water partition coefficient (Wildman–Crippen LogP) is 0.104. The normalized spacial score (nSPS) is 25.2. The summed E-state index contributed by atoms with van der Waals surface area (Å²) in [6, 6.07) is 0. The van der Waals surface area contributed by atoms with Crippen molar-refractivity contribution in [2.24, 2.45) is 5.92 Å². The first-order chi connectivity index (χ1) is 8.20. The van der Waals surface area contributed by atoms with Crippen molar-refractivity contribution < 1.29 is 14.3 Å². The lowest BCUT2D eigenvalue weighted by Gasteiger charge is -2.20. The van der Waals surface area contributed by atoms with Gasteiger partial charge in [-0.3, -0.25) is 14.5 Å². The SMILES string of the molecule is COC(=O)C1CCN(CC(=O)N2CCCC2)C1. The van der Waals surface area contributed by atoms with Gasteiger partial charge in [-0.1, -0.05) is 0 Å². The second kappa shape index (κ2) is 5.49. The number of ether oxygens (including phenoxy) is 1. The molecular weight excluding hydrogens is 220 g/mol. The molecular formula is C12H20N2O3. The van der Waals surface area contributed by atoms with Gasteiger partial charge < -0.3 is 9.64 Å². The highest BCUT2D eigenvalue weighted by molar-refractivity contribution is 5.79. The van der Waals surface area contributed by atoms with Crippen molar-refractivity contribution in [3.8, 4) is 0 Å². The first kappa shape index (κ1) is 12.4. The number of esters is 1. The molecule has 1 atom stereocenters. The van der Waals surface area contributed by atoms with Crippen LogP contribution in [0.15, 0.2) is 0 Å². The van der Waals surface area contributed by atoms with E-state index in [0.717, 1.165) is 38.9 Å². The molecule has 2 fully saturated rings. The molecule has 17 heavy (non-hydrogen) atoms. The van der Waals surface area contributed by atoms with Gasteiger partial charge in [-0.05, 0) is 25.8 Å². The quantitative estimate of drug-likeness (QED) is 0.657. The molecule has 2 rings (SSSR count). The summed E-state index contributed by atoms with van der Waals surface area (Å²) in [6.07, 6.45) is 3.05. The number of likely N-dealkylation sites (tertiary alicyclic amines) is 2. The highest BCUT2D eigenvalue weighted by Crippen LogP contribution is 2.18. The summed E-state index contributed by atoms with van der Waals surface area (Å²) >= 11 is 0. The summed E-state index contributed by atoms with van der Waals surface area (Å²) in [7, 11) is 1.42. The van der Waals surface area contributed by atoms with Gasteiger partial charge in [0.05, 0.1) is 19.6 Å². The molecule has 0 aromatic heterocycles. The molecule has 0 aromatic rings. The molecule has 0 radical (unpaired) electrons. The van der Waals surface area contributed by atoms with Crippen molar-refractivity contribution in [2.75, 3.05) is 39.8 Å². The molecule has 96 valence electrons. The fourth-order valence-electron chi connectivity index (χ4n) is 2.59. The van der Waals surface area contributed by atoms with Gasteiger partial charge in [0.25, 0.3) is 0 Å². The van der Waals surface area contributed by atoms with E-state index in [9.17, 15) is 9.59 Å². The molecule has 2 aliphatic rings. The fourth-order valence-corrected chi connectivity index (χ4v) is 2.59. The van der Waals surface area contributed by atoms with Crippen LogP contribution in [0.25, 0.3) is 0 Å². The first-order valence-corrected chi connectivity index (χ1v) is 6.28. The van der Waals surface area contributed by atoms with Gasteiger partial charge in [-0.2, -0.15) is 0 Å². The van der Waals surface area contributed by atoms with Crippen molar-refractivity contribution in [3.05, 3.63) is 0 Å². The summed E-state index contributed by atoms with van der Waals surface area (Å²) < 4.78 is 4.73. The number of hydrogen-bond donors (Lipinski definition) is 0. The van der Waals surface area contributed by atoms with E-state index in [4.69, 9.17) is 4.74 Å². The van der Waals surface area contributed by atoms with Gasteiger partial charge in [-0.25, -0.2) is 0 Å². The van der Waals surface area contributed by atoms with Crippen molar-refractivity contribution >= 4 is 11.9 Å². The Kier molecular flexibility index (Phi) is 3.99. The van der Waals surface area contributed by atoms with Gasteiger partial charge in [0, 0.05) is 19.6 Å². The molecule has 0 saturated carbocycles. The zero-order valence-electron chi connectivity index (χ0n) is 10.4. The number of amides is 1. The molecule has 0 bridgehead atoms. The molecule has 0 N–H and O–H groups in total. The van der Waals surface area contributed by atoms with Crippen LogP contribution in [0.5, 0.6) is 0 Å². The molecule has 5 nitrogen and oxygen atoms in total. The minimum Gasteiger partial charge on any atom is -0.469 e.